The molecule has 2 aromatic rings. The quantitative estimate of drug-likeness (QED) is 0.804. The van der Waals surface area contributed by atoms with Gasteiger partial charge in [-0.2, -0.15) is 5.10 Å². The molecule has 0 atom stereocenters. The third-order valence-corrected chi connectivity index (χ3v) is 1.89. The van der Waals surface area contributed by atoms with Gasteiger partial charge in [-0.3, -0.25) is 4.68 Å². The second kappa shape index (κ2) is 4.45. The van der Waals surface area contributed by atoms with Gasteiger partial charge in [-0.15, -0.1) is 0 Å². The Kier molecular flexibility index (Phi) is 2.82. The molecule has 0 spiro atoms. The van der Waals surface area contributed by atoms with E-state index in [0.29, 0.717) is 24.7 Å². The van der Waals surface area contributed by atoms with Crippen molar-refractivity contribution in [3.8, 4) is 5.88 Å². The largest absolute Gasteiger partial charge is 0.476 e. The summed E-state index contributed by atoms with van der Waals surface area (Å²) in [6, 6.07) is 5.39. The predicted molar refractivity (Wildman–Crippen MR) is 56.4 cm³/mol. The fourth-order valence-electron chi connectivity index (χ4n) is 1.15. The summed E-state index contributed by atoms with van der Waals surface area (Å²) in [6.45, 7) is 1.25. The Hall–Kier alpha value is -2.04. The van der Waals surface area contributed by atoms with E-state index < -0.39 is 0 Å². The zero-order chi connectivity index (χ0) is 10.5. The van der Waals surface area contributed by atoms with E-state index in [-0.39, 0.29) is 0 Å². The smallest absolute Gasteiger partial charge is 0.213 e. The van der Waals surface area contributed by atoms with Crippen LogP contribution in [0, 0.1) is 0 Å². The maximum atomic E-state index is 5.50. The number of nitrogens with zero attached hydrogens (tertiary/aromatic N) is 3. The van der Waals surface area contributed by atoms with E-state index in [4.69, 9.17) is 10.5 Å². The van der Waals surface area contributed by atoms with E-state index in [0.717, 1.165) is 0 Å². The lowest BCUT2D eigenvalue weighted by molar-refractivity contribution is 0.281. The molecule has 0 aromatic carbocycles. The van der Waals surface area contributed by atoms with Crippen LogP contribution in [0.1, 0.15) is 0 Å². The van der Waals surface area contributed by atoms with Crippen LogP contribution in [0.5, 0.6) is 5.88 Å². The van der Waals surface area contributed by atoms with Crippen molar-refractivity contribution in [1.29, 1.82) is 0 Å². The van der Waals surface area contributed by atoms with Crippen molar-refractivity contribution in [2.45, 2.75) is 6.54 Å². The number of nitrogen functional groups attached to an aromatic ring is 1. The molecule has 5 nitrogen and oxygen atoms in total. The predicted octanol–water partition coefficient (Wildman–Crippen LogP) is 0.939. The number of nitrogens with two attached hydrogens (primary N) is 1. The van der Waals surface area contributed by atoms with Crippen molar-refractivity contribution in [2.75, 3.05) is 12.3 Å². The molecule has 2 aromatic heterocycles. The van der Waals surface area contributed by atoms with Crippen LogP contribution in [-0.4, -0.2) is 21.4 Å². The summed E-state index contributed by atoms with van der Waals surface area (Å²) in [5.41, 5.74) is 6.13. The molecule has 0 fully saturated rings. The van der Waals surface area contributed by atoms with Crippen molar-refractivity contribution in [3.05, 3.63) is 36.8 Å². The van der Waals surface area contributed by atoms with Gasteiger partial charge in [0.15, 0.2) is 0 Å². The molecule has 0 saturated carbocycles. The first-order valence-corrected chi connectivity index (χ1v) is 4.66. The molecule has 0 bridgehead atoms. The molecule has 2 N–H and O–H groups in total. The van der Waals surface area contributed by atoms with E-state index >= 15 is 0 Å². The SMILES string of the molecule is Nc1ccc(OCCn2cccn2)nc1. The summed E-state index contributed by atoms with van der Waals surface area (Å²) < 4.78 is 7.21. The minimum atomic E-state index is 0.540. The molecule has 2 rings (SSSR count). The second-order valence-electron chi connectivity index (χ2n) is 3.05. The van der Waals surface area contributed by atoms with Gasteiger partial charge in [0, 0.05) is 18.5 Å². The fourth-order valence-corrected chi connectivity index (χ4v) is 1.15. The monoisotopic (exact) mass is 204 g/mol. The minimum Gasteiger partial charge on any atom is -0.476 e. The first-order chi connectivity index (χ1) is 7.34. The molecule has 0 aliphatic rings. The zero-order valence-corrected chi connectivity index (χ0v) is 8.21. The summed E-state index contributed by atoms with van der Waals surface area (Å²) >= 11 is 0. The zero-order valence-electron chi connectivity index (χ0n) is 8.21. The fraction of sp³-hybridized carbons (Fsp3) is 0.200. The lowest BCUT2D eigenvalue weighted by Gasteiger charge is -2.05. The highest BCUT2D eigenvalue weighted by Gasteiger charge is 1.95. The first-order valence-electron chi connectivity index (χ1n) is 4.66. The van der Waals surface area contributed by atoms with Crippen LogP contribution in [0.4, 0.5) is 5.69 Å². The number of ether oxygens (including phenoxy) is 1. The van der Waals surface area contributed by atoms with Crippen molar-refractivity contribution >= 4 is 5.69 Å². The highest BCUT2D eigenvalue weighted by Crippen LogP contribution is 2.07. The van der Waals surface area contributed by atoms with E-state index in [2.05, 4.69) is 10.1 Å². The topological polar surface area (TPSA) is 66.0 Å². The van der Waals surface area contributed by atoms with Crippen LogP contribution in [0.15, 0.2) is 36.8 Å². The standard InChI is InChI=1S/C10H12N4O/c11-9-2-3-10(12-8-9)15-7-6-14-5-1-4-13-14/h1-5,8H,6-7,11H2. The average Bonchev–Trinajstić information content (AvgIpc) is 2.74. The molecule has 0 aliphatic heterocycles. The molecule has 0 radical (unpaired) electrons. The van der Waals surface area contributed by atoms with Gasteiger partial charge in [-0.05, 0) is 12.1 Å². The van der Waals surface area contributed by atoms with E-state index in [1.807, 2.05) is 12.3 Å². The van der Waals surface area contributed by atoms with Crippen molar-refractivity contribution in [1.82, 2.24) is 14.8 Å². The summed E-state index contributed by atoms with van der Waals surface area (Å²) in [6.07, 6.45) is 5.20. The molecule has 5 heteroatoms. The van der Waals surface area contributed by atoms with Gasteiger partial charge in [0.2, 0.25) is 5.88 Å². The van der Waals surface area contributed by atoms with Gasteiger partial charge in [0.05, 0.1) is 18.4 Å². The van der Waals surface area contributed by atoms with Gasteiger partial charge in [-0.25, -0.2) is 4.98 Å². The van der Waals surface area contributed by atoms with E-state index in [9.17, 15) is 0 Å². The van der Waals surface area contributed by atoms with Crippen molar-refractivity contribution < 1.29 is 4.74 Å². The van der Waals surface area contributed by atoms with E-state index in [1.165, 1.54) is 0 Å². The Morgan fingerprint density at radius 3 is 3.00 bits per heavy atom. The number of aromatic nitrogens is 3. The lowest BCUT2D eigenvalue weighted by atomic mass is 10.4. The van der Waals surface area contributed by atoms with Crippen LogP contribution in [0.3, 0.4) is 0 Å². The van der Waals surface area contributed by atoms with Crippen LogP contribution in [0.25, 0.3) is 0 Å². The third kappa shape index (κ3) is 2.70. The number of rotatable bonds is 4. The summed E-state index contributed by atoms with van der Waals surface area (Å²) in [5, 5.41) is 4.06. The molecule has 0 amide bonds. The maximum absolute atomic E-state index is 5.50. The number of anilines is 1. The first kappa shape index (κ1) is 9.51. The Morgan fingerprint density at radius 1 is 1.40 bits per heavy atom. The van der Waals surface area contributed by atoms with Gasteiger partial charge in [0.1, 0.15) is 6.61 Å². The van der Waals surface area contributed by atoms with Gasteiger partial charge >= 0.3 is 0 Å². The molecule has 0 saturated heterocycles. The number of pyridine rings is 1. The van der Waals surface area contributed by atoms with Crippen molar-refractivity contribution in [2.24, 2.45) is 0 Å². The summed E-state index contributed by atoms with van der Waals surface area (Å²) in [5.74, 6) is 0.580. The molecule has 15 heavy (non-hydrogen) atoms. The Labute approximate surface area is 87.5 Å². The summed E-state index contributed by atoms with van der Waals surface area (Å²) in [7, 11) is 0. The second-order valence-corrected chi connectivity index (χ2v) is 3.05. The minimum absolute atomic E-state index is 0.540. The normalized spacial score (nSPS) is 10.1. The highest BCUT2D eigenvalue weighted by atomic mass is 16.5. The van der Waals surface area contributed by atoms with E-state index in [1.54, 1.807) is 29.2 Å². The van der Waals surface area contributed by atoms with Crippen molar-refractivity contribution in [3.63, 3.8) is 0 Å². The molecular weight excluding hydrogens is 192 g/mol. The maximum Gasteiger partial charge on any atom is 0.213 e. The van der Waals surface area contributed by atoms with Crippen LogP contribution < -0.4 is 10.5 Å². The van der Waals surface area contributed by atoms with Crippen LogP contribution in [0.2, 0.25) is 0 Å². The number of hydrogen-bond acceptors (Lipinski definition) is 4. The molecule has 0 aliphatic carbocycles. The lowest BCUT2D eigenvalue weighted by Crippen LogP contribution is -2.09. The number of hydrogen-bond donors (Lipinski definition) is 1. The van der Waals surface area contributed by atoms with Gasteiger partial charge in [0.25, 0.3) is 0 Å². The molecule has 2 heterocycles. The van der Waals surface area contributed by atoms with Gasteiger partial charge < -0.3 is 10.5 Å². The molecular formula is C10H12N4O. The molecule has 78 valence electrons. The Morgan fingerprint density at radius 2 is 2.33 bits per heavy atom. The third-order valence-electron chi connectivity index (χ3n) is 1.89. The van der Waals surface area contributed by atoms with Crippen LogP contribution >= 0.6 is 0 Å². The Balaban J connectivity index is 1.81. The Bertz CT molecular complexity index is 396. The van der Waals surface area contributed by atoms with Gasteiger partial charge in [-0.1, -0.05) is 0 Å². The average molecular weight is 204 g/mol. The van der Waals surface area contributed by atoms with Crippen LogP contribution in [-0.2, 0) is 6.54 Å². The molecule has 0 unspecified atom stereocenters. The summed E-state index contributed by atoms with van der Waals surface area (Å²) in [4.78, 5) is 4.02. The highest BCUT2D eigenvalue weighted by molar-refractivity contribution is 5.35.